The number of esters is 2. The highest BCUT2D eigenvalue weighted by atomic mass is 16.5. The van der Waals surface area contributed by atoms with Gasteiger partial charge in [-0.3, -0.25) is 9.59 Å². The molecule has 5 fully saturated rings. The molecule has 0 saturated heterocycles. The zero-order valence-electron chi connectivity index (χ0n) is 26.2. The summed E-state index contributed by atoms with van der Waals surface area (Å²) in [5.41, 5.74) is 1.23. The van der Waals surface area contributed by atoms with Crippen LogP contribution in [-0.2, 0) is 19.1 Å². The van der Waals surface area contributed by atoms with Crippen LogP contribution in [0.2, 0.25) is 0 Å². The van der Waals surface area contributed by atoms with Gasteiger partial charge in [-0.2, -0.15) is 0 Å². The lowest BCUT2D eigenvalue weighted by molar-refractivity contribution is -0.287. The molecule has 0 radical (unpaired) electrons. The fourth-order valence-corrected chi connectivity index (χ4v) is 12.1. The van der Waals surface area contributed by atoms with E-state index in [1.54, 1.807) is 13.8 Å². The highest BCUT2D eigenvalue weighted by Crippen LogP contribution is 2.78. The number of fused-ring (bicyclic) bond motifs is 7. The Labute approximate surface area is 232 Å². The third kappa shape index (κ3) is 3.80. The van der Waals surface area contributed by atoms with Crippen molar-refractivity contribution in [2.75, 3.05) is 0 Å². The Hall–Kier alpha value is -1.06. The lowest BCUT2D eigenvalue weighted by Gasteiger charge is -2.75. The van der Waals surface area contributed by atoms with Crippen LogP contribution < -0.4 is 0 Å². The minimum atomic E-state index is -0.137. The molecule has 0 bridgehead atoms. The molecule has 4 nitrogen and oxygen atoms in total. The Morgan fingerprint density at radius 2 is 1.24 bits per heavy atom. The van der Waals surface area contributed by atoms with Crippen LogP contribution in [0.1, 0.15) is 133 Å². The smallest absolute Gasteiger partial charge is 0.302 e. The molecule has 0 spiro atoms. The largest absolute Gasteiger partial charge is 0.462 e. The Morgan fingerprint density at radius 3 is 1.87 bits per heavy atom. The van der Waals surface area contributed by atoms with E-state index in [0.717, 1.165) is 25.7 Å². The maximum atomic E-state index is 12.5. The fourth-order valence-electron chi connectivity index (χ4n) is 12.1. The van der Waals surface area contributed by atoms with Gasteiger partial charge in [-0.15, -0.1) is 0 Å². The molecular formula is C34H56O4. The number of ether oxygens (including phenoxy) is 2. The summed E-state index contributed by atoms with van der Waals surface area (Å²) in [6.07, 6.45) is 11.8. The van der Waals surface area contributed by atoms with Gasteiger partial charge in [-0.1, -0.05) is 55.4 Å². The molecule has 0 aliphatic heterocycles. The van der Waals surface area contributed by atoms with Gasteiger partial charge in [0.2, 0.25) is 0 Å². The Kier molecular flexibility index (Phi) is 6.53. The zero-order chi connectivity index (χ0) is 28.1. The molecule has 0 aromatic rings. The van der Waals surface area contributed by atoms with Gasteiger partial charge in [0, 0.05) is 19.3 Å². The second-order valence-corrected chi connectivity index (χ2v) is 16.7. The van der Waals surface area contributed by atoms with Crippen molar-refractivity contribution in [3.63, 3.8) is 0 Å². The average Bonchev–Trinajstić information content (AvgIpc) is 2.79. The van der Waals surface area contributed by atoms with Crippen molar-refractivity contribution in [2.24, 2.45) is 56.2 Å². The van der Waals surface area contributed by atoms with Gasteiger partial charge in [0.15, 0.2) is 0 Å². The Bertz CT molecular complexity index is 987. The van der Waals surface area contributed by atoms with E-state index in [4.69, 9.17) is 9.47 Å². The predicted octanol–water partition coefficient (Wildman–Crippen LogP) is 8.36. The molecule has 0 amide bonds. The number of carbonyl (C=O) groups is 2. The minimum Gasteiger partial charge on any atom is -0.462 e. The number of rotatable bonds is 2. The summed E-state index contributed by atoms with van der Waals surface area (Å²) < 4.78 is 12.2. The molecule has 4 heteroatoms. The van der Waals surface area contributed by atoms with Crippen LogP contribution in [0.25, 0.3) is 0 Å². The monoisotopic (exact) mass is 528 g/mol. The number of carbonyl (C=O) groups excluding carboxylic acids is 2. The maximum absolute atomic E-state index is 12.5. The summed E-state index contributed by atoms with van der Waals surface area (Å²) >= 11 is 0. The molecule has 0 aromatic carbocycles. The van der Waals surface area contributed by atoms with Gasteiger partial charge in [0.25, 0.3) is 0 Å². The maximum Gasteiger partial charge on any atom is 0.302 e. The van der Waals surface area contributed by atoms with Crippen LogP contribution in [0.15, 0.2) is 0 Å². The molecule has 11 atom stereocenters. The van der Waals surface area contributed by atoms with Crippen molar-refractivity contribution in [3.8, 4) is 0 Å². The van der Waals surface area contributed by atoms with E-state index >= 15 is 0 Å². The quantitative estimate of drug-likeness (QED) is 0.338. The predicted molar refractivity (Wildman–Crippen MR) is 151 cm³/mol. The van der Waals surface area contributed by atoms with Crippen molar-refractivity contribution in [2.45, 2.75) is 146 Å². The SMILES string of the molecule is CC(=O)OC1CCC2C(C)(CCC3C2(C)CCC2(C)C4CC(C)(C)CCC4(C)C(OC(C)=O)CC32C)C1C. The molecule has 11 unspecified atom stereocenters. The lowest BCUT2D eigenvalue weighted by atomic mass is 9.29. The van der Waals surface area contributed by atoms with Crippen molar-refractivity contribution >= 4 is 11.9 Å². The molecule has 216 valence electrons. The first-order valence-electron chi connectivity index (χ1n) is 15.8. The standard InChI is InChI=1S/C34H56O4/c1-21-24(37-22(2)35)11-12-25-30(21,6)14-13-26-31(25,7)17-18-33(9)27-19-29(4,5)15-16-32(27,8)28(38-23(3)36)20-34(26,33)10/h21,24-28H,11-20H2,1-10H3. The summed E-state index contributed by atoms with van der Waals surface area (Å²) in [5, 5.41) is 0. The van der Waals surface area contributed by atoms with Crippen molar-refractivity contribution in [1.82, 2.24) is 0 Å². The third-order valence-electron chi connectivity index (χ3n) is 14.6. The first-order valence-corrected chi connectivity index (χ1v) is 15.8. The van der Waals surface area contributed by atoms with Crippen LogP contribution in [0, 0.1) is 56.2 Å². The number of hydrogen-bond donors (Lipinski definition) is 0. The molecule has 38 heavy (non-hydrogen) atoms. The summed E-state index contributed by atoms with van der Waals surface area (Å²) in [4.78, 5) is 24.3. The highest BCUT2D eigenvalue weighted by Gasteiger charge is 2.73. The summed E-state index contributed by atoms with van der Waals surface area (Å²) in [7, 11) is 0. The molecule has 0 aromatic heterocycles. The first kappa shape index (κ1) is 28.5. The molecule has 5 rings (SSSR count). The van der Waals surface area contributed by atoms with Crippen LogP contribution in [0.4, 0.5) is 0 Å². The molecule has 0 heterocycles. The van der Waals surface area contributed by atoms with Gasteiger partial charge >= 0.3 is 11.9 Å². The van der Waals surface area contributed by atoms with E-state index in [-0.39, 0.29) is 51.2 Å². The van der Waals surface area contributed by atoms with E-state index in [1.165, 1.54) is 38.5 Å². The molecule has 5 aliphatic carbocycles. The van der Waals surface area contributed by atoms with E-state index in [1.807, 2.05) is 0 Å². The Morgan fingerprint density at radius 1 is 0.605 bits per heavy atom. The van der Waals surface area contributed by atoms with Gasteiger partial charge in [0.05, 0.1) is 0 Å². The Balaban J connectivity index is 1.55. The molecule has 5 saturated carbocycles. The van der Waals surface area contributed by atoms with Gasteiger partial charge < -0.3 is 9.47 Å². The van der Waals surface area contributed by atoms with Crippen molar-refractivity contribution in [3.05, 3.63) is 0 Å². The van der Waals surface area contributed by atoms with Crippen LogP contribution in [0.5, 0.6) is 0 Å². The first-order chi connectivity index (χ1) is 17.4. The van der Waals surface area contributed by atoms with Crippen molar-refractivity contribution < 1.29 is 19.1 Å². The molecule has 0 N–H and O–H groups in total. The summed E-state index contributed by atoms with van der Waals surface area (Å²) in [6.45, 7) is 23.3. The topological polar surface area (TPSA) is 52.6 Å². The highest BCUT2D eigenvalue weighted by molar-refractivity contribution is 5.66. The van der Waals surface area contributed by atoms with Gasteiger partial charge in [-0.05, 0) is 115 Å². The van der Waals surface area contributed by atoms with Crippen LogP contribution in [0.3, 0.4) is 0 Å². The van der Waals surface area contributed by atoms with E-state index in [0.29, 0.717) is 29.1 Å². The average molecular weight is 529 g/mol. The summed E-state index contributed by atoms with van der Waals surface area (Å²) in [6, 6.07) is 0. The van der Waals surface area contributed by atoms with Gasteiger partial charge in [0.1, 0.15) is 12.2 Å². The van der Waals surface area contributed by atoms with Crippen LogP contribution >= 0.6 is 0 Å². The van der Waals surface area contributed by atoms with E-state index in [9.17, 15) is 9.59 Å². The lowest BCUT2D eigenvalue weighted by Crippen LogP contribution is -2.70. The summed E-state index contributed by atoms with van der Waals surface area (Å²) in [5.74, 6) is 1.96. The fraction of sp³-hybridized carbons (Fsp3) is 0.941. The minimum absolute atomic E-state index is 0.00783. The van der Waals surface area contributed by atoms with Gasteiger partial charge in [-0.25, -0.2) is 0 Å². The third-order valence-corrected chi connectivity index (χ3v) is 14.6. The second kappa shape index (κ2) is 8.72. The molecule has 5 aliphatic rings. The second-order valence-electron chi connectivity index (χ2n) is 16.7. The zero-order valence-corrected chi connectivity index (χ0v) is 26.2. The van der Waals surface area contributed by atoms with Crippen LogP contribution in [-0.4, -0.2) is 24.1 Å². The normalized spacial score (nSPS) is 53.4. The van der Waals surface area contributed by atoms with E-state index < -0.39 is 0 Å². The molecular weight excluding hydrogens is 472 g/mol. The van der Waals surface area contributed by atoms with E-state index in [2.05, 4.69) is 55.4 Å². The van der Waals surface area contributed by atoms with Crippen molar-refractivity contribution in [1.29, 1.82) is 0 Å². The number of hydrogen-bond acceptors (Lipinski definition) is 4.